The number of hydrogen-bond acceptors (Lipinski definition) is 4. The first-order valence-electron chi connectivity index (χ1n) is 8.54. The number of nitrogens with zero attached hydrogens (tertiary/aromatic N) is 1. The molecule has 0 radical (unpaired) electrons. The van der Waals surface area contributed by atoms with Crippen LogP contribution in [0.1, 0.15) is 39.2 Å². The third-order valence-corrected chi connectivity index (χ3v) is 4.11. The summed E-state index contributed by atoms with van der Waals surface area (Å²) < 4.78 is 5.36. The smallest absolute Gasteiger partial charge is 0.408 e. The molecular formula is C19H26N2O4. The van der Waals surface area contributed by atoms with Gasteiger partial charge in [-0.3, -0.25) is 4.79 Å². The summed E-state index contributed by atoms with van der Waals surface area (Å²) in [5.74, 6) is -0.236. The highest BCUT2D eigenvalue weighted by molar-refractivity contribution is 5.92. The lowest BCUT2D eigenvalue weighted by molar-refractivity contribution is -0.143. The second-order valence-corrected chi connectivity index (χ2v) is 7.39. The van der Waals surface area contributed by atoms with E-state index < -0.39 is 17.2 Å². The van der Waals surface area contributed by atoms with Gasteiger partial charge in [0.15, 0.2) is 0 Å². The molecule has 1 aliphatic heterocycles. The van der Waals surface area contributed by atoms with Crippen molar-refractivity contribution in [2.24, 2.45) is 0 Å². The van der Waals surface area contributed by atoms with Crippen LogP contribution in [0, 0.1) is 0 Å². The number of carbonyl (C=O) groups excluding carboxylic acids is 3. The van der Waals surface area contributed by atoms with Gasteiger partial charge in [-0.05, 0) is 39.2 Å². The molecule has 0 spiro atoms. The first-order valence-corrected chi connectivity index (χ1v) is 8.54. The van der Waals surface area contributed by atoms with E-state index >= 15 is 0 Å². The van der Waals surface area contributed by atoms with E-state index in [9.17, 15) is 14.4 Å². The van der Waals surface area contributed by atoms with Gasteiger partial charge in [0.1, 0.15) is 17.4 Å². The van der Waals surface area contributed by atoms with E-state index in [0.29, 0.717) is 32.1 Å². The minimum absolute atomic E-state index is 0.0331. The minimum Gasteiger partial charge on any atom is -0.444 e. The molecule has 1 atom stereocenters. The molecule has 25 heavy (non-hydrogen) atoms. The van der Waals surface area contributed by atoms with Crippen molar-refractivity contribution in [3.05, 3.63) is 35.9 Å². The fraction of sp³-hybridized carbons (Fsp3) is 0.526. The summed E-state index contributed by atoms with van der Waals surface area (Å²) in [4.78, 5) is 37.8. The lowest BCUT2D eigenvalue weighted by Gasteiger charge is -2.41. The Balaban J connectivity index is 2.28. The van der Waals surface area contributed by atoms with Crippen LogP contribution < -0.4 is 5.32 Å². The number of carbonyl (C=O) groups is 3. The lowest BCUT2D eigenvalue weighted by Crippen LogP contribution is -2.64. The van der Waals surface area contributed by atoms with Crippen molar-refractivity contribution in [3.63, 3.8) is 0 Å². The molecule has 1 saturated heterocycles. The fourth-order valence-corrected chi connectivity index (χ4v) is 3.11. The molecule has 6 nitrogen and oxygen atoms in total. The van der Waals surface area contributed by atoms with E-state index in [1.165, 1.54) is 4.90 Å². The molecule has 1 N–H and O–H groups in total. The van der Waals surface area contributed by atoms with E-state index in [1.807, 2.05) is 30.3 Å². The highest BCUT2D eigenvalue weighted by atomic mass is 16.6. The number of aldehydes is 1. The maximum atomic E-state index is 13.0. The van der Waals surface area contributed by atoms with E-state index in [4.69, 9.17) is 4.74 Å². The Bertz CT molecular complexity index is 624. The number of likely N-dealkylation sites (tertiary alicyclic amines) is 1. The highest BCUT2D eigenvalue weighted by Crippen LogP contribution is 2.27. The summed E-state index contributed by atoms with van der Waals surface area (Å²) in [6.07, 6.45) is 1.67. The number of ether oxygens (including phenoxy) is 1. The van der Waals surface area contributed by atoms with Gasteiger partial charge in [-0.1, -0.05) is 30.3 Å². The first-order chi connectivity index (χ1) is 11.8. The maximum absolute atomic E-state index is 13.0. The molecule has 0 aromatic heterocycles. The van der Waals surface area contributed by atoms with E-state index in [1.54, 1.807) is 20.8 Å². The van der Waals surface area contributed by atoms with Gasteiger partial charge in [0.2, 0.25) is 5.91 Å². The quantitative estimate of drug-likeness (QED) is 0.830. The maximum Gasteiger partial charge on any atom is 0.408 e. The van der Waals surface area contributed by atoms with Crippen LogP contribution >= 0.6 is 0 Å². The standard InChI is InChI=1S/C19H26N2O4/c1-18(2,3)25-17(24)20-19(14-15-8-5-4-6-9-15)10-7-11-21(12-13-22)16(19)23/h4-6,8-9,13H,7,10-12,14H2,1-3H3,(H,20,24). The second-order valence-electron chi connectivity index (χ2n) is 7.39. The zero-order valence-electron chi connectivity index (χ0n) is 15.1. The number of hydrogen-bond donors (Lipinski definition) is 1. The molecule has 1 aliphatic rings. The van der Waals surface area contributed by atoms with Crippen LogP contribution in [-0.2, 0) is 20.7 Å². The summed E-state index contributed by atoms with van der Waals surface area (Å²) in [5, 5.41) is 2.81. The van der Waals surface area contributed by atoms with Crippen molar-refractivity contribution in [1.29, 1.82) is 0 Å². The summed E-state index contributed by atoms with van der Waals surface area (Å²) >= 11 is 0. The Morgan fingerprint density at radius 1 is 1.32 bits per heavy atom. The Morgan fingerprint density at radius 2 is 2.00 bits per heavy atom. The van der Waals surface area contributed by atoms with Gasteiger partial charge in [0, 0.05) is 13.0 Å². The summed E-state index contributed by atoms with van der Waals surface area (Å²) in [6, 6.07) is 9.54. The minimum atomic E-state index is -1.09. The molecule has 1 fully saturated rings. The van der Waals surface area contributed by atoms with Crippen LogP contribution in [0.5, 0.6) is 0 Å². The lowest BCUT2D eigenvalue weighted by atomic mass is 9.82. The summed E-state index contributed by atoms with van der Waals surface area (Å²) in [6.45, 7) is 5.88. The van der Waals surface area contributed by atoms with Gasteiger partial charge in [-0.15, -0.1) is 0 Å². The van der Waals surface area contributed by atoms with Crippen molar-refractivity contribution in [1.82, 2.24) is 10.2 Å². The SMILES string of the molecule is CC(C)(C)OC(=O)NC1(Cc2ccccc2)CCCN(CC=O)C1=O. The molecule has 1 heterocycles. The number of rotatable bonds is 5. The third kappa shape index (κ3) is 5.05. The van der Waals surface area contributed by atoms with E-state index in [0.717, 1.165) is 5.56 Å². The van der Waals surface area contributed by atoms with Crippen molar-refractivity contribution in [3.8, 4) is 0 Å². The number of alkyl carbamates (subject to hydrolysis) is 1. The predicted octanol–water partition coefficient (Wildman–Crippen LogP) is 2.31. The summed E-state index contributed by atoms with van der Waals surface area (Å²) in [5.41, 5.74) is -0.803. The zero-order valence-corrected chi connectivity index (χ0v) is 15.1. The number of piperidine rings is 1. The summed E-state index contributed by atoms with van der Waals surface area (Å²) in [7, 11) is 0. The van der Waals surface area contributed by atoms with Crippen LogP contribution in [-0.4, -0.2) is 47.4 Å². The fourth-order valence-electron chi connectivity index (χ4n) is 3.11. The molecule has 1 aromatic rings. The molecule has 0 aliphatic carbocycles. The normalized spacial score (nSPS) is 20.9. The van der Waals surface area contributed by atoms with Crippen molar-refractivity contribution in [2.45, 2.75) is 51.2 Å². The van der Waals surface area contributed by atoms with E-state index in [-0.39, 0.29) is 12.5 Å². The van der Waals surface area contributed by atoms with Gasteiger partial charge in [0.25, 0.3) is 0 Å². The van der Waals surface area contributed by atoms with Gasteiger partial charge in [-0.25, -0.2) is 4.79 Å². The van der Waals surface area contributed by atoms with Crippen LogP contribution in [0.25, 0.3) is 0 Å². The van der Waals surface area contributed by atoms with Crippen molar-refractivity contribution >= 4 is 18.3 Å². The Labute approximate surface area is 148 Å². The molecule has 6 heteroatoms. The van der Waals surface area contributed by atoms with Crippen molar-refractivity contribution < 1.29 is 19.1 Å². The van der Waals surface area contributed by atoms with Crippen LogP contribution in [0.2, 0.25) is 0 Å². The van der Waals surface area contributed by atoms with Gasteiger partial charge >= 0.3 is 6.09 Å². The van der Waals surface area contributed by atoms with Crippen LogP contribution in [0.3, 0.4) is 0 Å². The molecular weight excluding hydrogens is 320 g/mol. The highest BCUT2D eigenvalue weighted by Gasteiger charge is 2.45. The predicted molar refractivity (Wildman–Crippen MR) is 94.1 cm³/mol. The Kier molecular flexibility index (Phi) is 5.82. The molecule has 1 aromatic carbocycles. The molecule has 2 rings (SSSR count). The van der Waals surface area contributed by atoms with Crippen LogP contribution in [0.15, 0.2) is 30.3 Å². The largest absolute Gasteiger partial charge is 0.444 e. The molecule has 2 amide bonds. The van der Waals surface area contributed by atoms with Crippen molar-refractivity contribution in [2.75, 3.05) is 13.1 Å². The zero-order chi connectivity index (χ0) is 18.5. The number of benzene rings is 1. The van der Waals surface area contributed by atoms with E-state index in [2.05, 4.69) is 5.32 Å². The number of amides is 2. The van der Waals surface area contributed by atoms with Gasteiger partial charge in [0.05, 0.1) is 6.54 Å². The average molecular weight is 346 g/mol. The molecule has 0 saturated carbocycles. The molecule has 1 unspecified atom stereocenters. The Hall–Kier alpha value is -2.37. The first kappa shape index (κ1) is 19.0. The van der Waals surface area contributed by atoms with Gasteiger partial charge in [-0.2, -0.15) is 0 Å². The average Bonchev–Trinajstić information content (AvgIpc) is 2.51. The molecule has 136 valence electrons. The van der Waals surface area contributed by atoms with Crippen LogP contribution in [0.4, 0.5) is 4.79 Å². The molecule has 0 bridgehead atoms. The third-order valence-electron chi connectivity index (χ3n) is 4.11. The van der Waals surface area contributed by atoms with Gasteiger partial charge < -0.3 is 19.7 Å². The number of nitrogens with one attached hydrogen (secondary N) is 1. The second kappa shape index (κ2) is 7.68. The monoisotopic (exact) mass is 346 g/mol. The topological polar surface area (TPSA) is 75.7 Å². The Morgan fingerprint density at radius 3 is 2.60 bits per heavy atom.